The number of rotatable bonds is 4. The van der Waals surface area contributed by atoms with Gasteiger partial charge in [-0.2, -0.15) is 0 Å². The van der Waals surface area contributed by atoms with Gasteiger partial charge in [-0.1, -0.05) is 38.8 Å². The molecule has 0 saturated heterocycles. The van der Waals surface area contributed by atoms with E-state index in [2.05, 4.69) is 0 Å². The van der Waals surface area contributed by atoms with Gasteiger partial charge in [-0.25, -0.2) is 0 Å². The summed E-state index contributed by atoms with van der Waals surface area (Å²) in [5.74, 6) is 0. The van der Waals surface area contributed by atoms with Crippen molar-refractivity contribution in [2.75, 3.05) is 0 Å². The number of hydrogen-bond donors (Lipinski definition) is 3. The van der Waals surface area contributed by atoms with Gasteiger partial charge in [-0.05, 0) is 5.31 Å². The molecule has 0 atom stereocenters. The fraction of sp³-hybridized carbons (Fsp3) is 1.00. The van der Waals surface area contributed by atoms with Crippen molar-refractivity contribution in [2.24, 2.45) is 0 Å². The van der Waals surface area contributed by atoms with Crippen molar-refractivity contribution < 1.29 is 15.4 Å². The predicted molar refractivity (Wildman–Crippen MR) is 42.3 cm³/mol. The Labute approximate surface area is 67.5 Å². The Kier molecular flexibility index (Phi) is 4.03. The maximum atomic E-state index is 9.21. The summed E-state index contributed by atoms with van der Waals surface area (Å²) in [6, 6.07) is 0. The average molecular weight is 161 g/mol. The molecule has 0 fully saturated rings. The molecule has 0 saturated carbocycles. The number of nitrogens with zero attached hydrogens (tertiary/aromatic N) is 1. The van der Waals surface area contributed by atoms with E-state index in [-0.39, 0.29) is 5.14 Å². The molecule has 0 aliphatic carbocycles. The van der Waals surface area contributed by atoms with Gasteiger partial charge in [0.05, 0.1) is 0 Å². The molecule has 0 spiro atoms. The van der Waals surface area contributed by atoms with E-state index >= 15 is 0 Å². The maximum Gasteiger partial charge on any atom is 0.444 e. The molecule has 0 rings (SSSR count). The summed E-state index contributed by atoms with van der Waals surface area (Å²) in [6.45, 7) is 5.54. The van der Waals surface area contributed by atoms with Crippen LogP contribution >= 0.6 is 0 Å². The third-order valence-corrected chi connectivity index (χ3v) is 1.81. The maximum absolute atomic E-state index is 9.21. The largest absolute Gasteiger partial charge is 0.444 e. The summed E-state index contributed by atoms with van der Waals surface area (Å²) in [7, 11) is -1.22. The van der Waals surface area contributed by atoms with E-state index in [4.69, 9.17) is 10.4 Å². The Hall–Kier alpha value is -0.0951. The molecule has 66 valence electrons. The van der Waals surface area contributed by atoms with Crippen LogP contribution in [0.5, 0.6) is 0 Å². The molecule has 0 unspecified atom stereocenters. The van der Waals surface area contributed by atoms with Crippen LogP contribution in [0.3, 0.4) is 0 Å². The zero-order valence-electron chi connectivity index (χ0n) is 7.28. The lowest BCUT2D eigenvalue weighted by atomic mass is 9.55. The summed E-state index contributed by atoms with van der Waals surface area (Å²) in [5, 5.41) is 25.6. The van der Waals surface area contributed by atoms with Crippen LogP contribution in [0.1, 0.15) is 33.6 Å². The van der Waals surface area contributed by atoms with Gasteiger partial charge in [-0.3, -0.25) is 10.4 Å². The Balaban J connectivity index is 4.05. The predicted octanol–water partition coefficient (Wildman–Crippen LogP) is 1.13. The molecule has 0 heterocycles. The lowest BCUT2D eigenvalue weighted by Crippen LogP contribution is -2.42. The average Bonchev–Trinajstić information content (AvgIpc) is 1.86. The van der Waals surface area contributed by atoms with Gasteiger partial charge >= 0.3 is 7.05 Å². The van der Waals surface area contributed by atoms with Crippen molar-refractivity contribution in [1.82, 2.24) is 5.14 Å². The first-order valence-electron chi connectivity index (χ1n) is 3.77. The SMILES string of the molecule is CCCC(C)(C)B(O)N(O)O. The second-order valence-corrected chi connectivity index (χ2v) is 3.43. The van der Waals surface area contributed by atoms with Crippen LogP contribution in [0.25, 0.3) is 0 Å². The van der Waals surface area contributed by atoms with Crippen LogP contribution in [-0.2, 0) is 0 Å². The van der Waals surface area contributed by atoms with Crippen molar-refractivity contribution in [3.63, 3.8) is 0 Å². The minimum absolute atomic E-state index is 0.143. The van der Waals surface area contributed by atoms with Gasteiger partial charge in [0.25, 0.3) is 0 Å². The first-order valence-corrected chi connectivity index (χ1v) is 3.77. The fourth-order valence-electron chi connectivity index (χ4n) is 1.09. The lowest BCUT2D eigenvalue weighted by molar-refractivity contribution is -0.247. The van der Waals surface area contributed by atoms with E-state index in [1.54, 1.807) is 13.8 Å². The molecule has 0 aromatic carbocycles. The van der Waals surface area contributed by atoms with Crippen molar-refractivity contribution in [1.29, 1.82) is 0 Å². The monoisotopic (exact) mass is 161 g/mol. The smallest absolute Gasteiger partial charge is 0.434 e. The van der Waals surface area contributed by atoms with Gasteiger partial charge in [0, 0.05) is 0 Å². The first kappa shape index (κ1) is 10.9. The molecule has 0 amide bonds. The molecule has 0 aliphatic rings. The van der Waals surface area contributed by atoms with Crippen LogP contribution in [0.2, 0.25) is 5.31 Å². The highest BCUT2D eigenvalue weighted by Crippen LogP contribution is 2.33. The highest BCUT2D eigenvalue weighted by Gasteiger charge is 2.37. The summed E-state index contributed by atoms with van der Waals surface area (Å²) < 4.78 is 0. The van der Waals surface area contributed by atoms with E-state index in [0.717, 1.165) is 12.8 Å². The topological polar surface area (TPSA) is 63.9 Å². The molecule has 0 aromatic heterocycles. The fourth-order valence-corrected chi connectivity index (χ4v) is 1.09. The van der Waals surface area contributed by atoms with E-state index in [9.17, 15) is 5.02 Å². The van der Waals surface area contributed by atoms with Crippen molar-refractivity contribution in [3.05, 3.63) is 0 Å². The normalized spacial score (nSPS) is 12.3. The van der Waals surface area contributed by atoms with Crippen molar-refractivity contribution in [2.45, 2.75) is 38.9 Å². The summed E-state index contributed by atoms with van der Waals surface area (Å²) in [4.78, 5) is 0. The molecular weight excluding hydrogens is 145 g/mol. The highest BCUT2D eigenvalue weighted by molar-refractivity contribution is 6.49. The summed E-state index contributed by atoms with van der Waals surface area (Å²) in [6.07, 6.45) is 1.64. The molecule has 0 radical (unpaired) electrons. The van der Waals surface area contributed by atoms with Crippen molar-refractivity contribution in [3.8, 4) is 0 Å². The Morgan fingerprint density at radius 3 is 2.09 bits per heavy atom. The van der Waals surface area contributed by atoms with Gasteiger partial charge in [0.1, 0.15) is 0 Å². The molecule has 0 aromatic rings. The van der Waals surface area contributed by atoms with E-state index in [1.807, 2.05) is 6.92 Å². The Morgan fingerprint density at radius 1 is 1.36 bits per heavy atom. The third-order valence-electron chi connectivity index (χ3n) is 1.81. The van der Waals surface area contributed by atoms with Crippen LogP contribution in [-0.4, -0.2) is 27.6 Å². The molecule has 3 N–H and O–H groups in total. The second-order valence-electron chi connectivity index (χ2n) is 3.43. The summed E-state index contributed by atoms with van der Waals surface area (Å²) in [5.41, 5.74) is 0. The quantitative estimate of drug-likeness (QED) is 0.427. The van der Waals surface area contributed by atoms with Gasteiger partial charge < -0.3 is 5.02 Å². The van der Waals surface area contributed by atoms with Crippen LogP contribution in [0.15, 0.2) is 0 Å². The zero-order chi connectivity index (χ0) is 9.07. The minimum atomic E-state index is -1.22. The molecule has 4 nitrogen and oxygen atoms in total. The van der Waals surface area contributed by atoms with E-state index in [1.165, 1.54) is 0 Å². The van der Waals surface area contributed by atoms with E-state index < -0.39 is 12.4 Å². The highest BCUT2D eigenvalue weighted by atomic mass is 16.8. The zero-order valence-corrected chi connectivity index (χ0v) is 7.28. The van der Waals surface area contributed by atoms with E-state index in [0.29, 0.717) is 0 Å². The summed E-state index contributed by atoms with van der Waals surface area (Å²) >= 11 is 0. The molecule has 11 heavy (non-hydrogen) atoms. The third kappa shape index (κ3) is 3.20. The van der Waals surface area contributed by atoms with Crippen LogP contribution < -0.4 is 0 Å². The first-order chi connectivity index (χ1) is 4.91. The molecule has 0 aliphatic heterocycles. The lowest BCUT2D eigenvalue weighted by Gasteiger charge is -2.27. The van der Waals surface area contributed by atoms with Crippen LogP contribution in [0, 0.1) is 0 Å². The standard InChI is InChI=1S/C6H16BNO3/c1-4-5-6(2,3)7(9)8(10)11/h9-11H,4-5H2,1-3H3. The Morgan fingerprint density at radius 2 is 1.82 bits per heavy atom. The number of hydrogen-bond acceptors (Lipinski definition) is 4. The van der Waals surface area contributed by atoms with Gasteiger partial charge in [-0.15, -0.1) is 0 Å². The van der Waals surface area contributed by atoms with Crippen LogP contribution in [0.4, 0.5) is 0 Å². The molecular formula is C6H16BNO3. The van der Waals surface area contributed by atoms with Gasteiger partial charge in [0.2, 0.25) is 0 Å². The Bertz CT molecular complexity index is 118. The molecule has 0 bridgehead atoms. The molecule has 5 heteroatoms. The van der Waals surface area contributed by atoms with Gasteiger partial charge in [0.15, 0.2) is 0 Å². The van der Waals surface area contributed by atoms with Crippen molar-refractivity contribution >= 4 is 7.05 Å². The minimum Gasteiger partial charge on any atom is -0.434 e. The second kappa shape index (κ2) is 4.06.